The zero-order valence-electron chi connectivity index (χ0n) is 13.5. The van der Waals surface area contributed by atoms with Gasteiger partial charge < -0.3 is 9.15 Å². The number of nitrogens with zero attached hydrogens (tertiary/aromatic N) is 4. The second-order valence-electron chi connectivity index (χ2n) is 5.37. The Morgan fingerprint density at radius 2 is 2.08 bits per heavy atom. The number of aryl methyl sites for hydroxylation is 3. The Bertz CT molecular complexity index is 879. The predicted molar refractivity (Wildman–Crippen MR) is 86.8 cm³/mol. The van der Waals surface area contributed by atoms with Gasteiger partial charge in [-0.05, 0) is 32.0 Å². The topological polar surface area (TPSA) is 66.0 Å². The van der Waals surface area contributed by atoms with Crippen LogP contribution in [0.15, 0.2) is 28.7 Å². The van der Waals surface area contributed by atoms with Crippen molar-refractivity contribution in [2.45, 2.75) is 33.4 Å². The molecule has 132 valence electrons. The van der Waals surface area contributed by atoms with Crippen molar-refractivity contribution in [3.05, 3.63) is 46.6 Å². The fourth-order valence-electron chi connectivity index (χ4n) is 2.37. The smallest absolute Gasteiger partial charge is 0.387 e. The highest BCUT2D eigenvalue weighted by Crippen LogP contribution is 2.24. The Labute approximate surface area is 147 Å². The Morgan fingerprint density at radius 3 is 2.76 bits per heavy atom. The minimum atomic E-state index is -2.89. The number of hydrogen-bond donors (Lipinski definition) is 0. The molecule has 2 aromatic heterocycles. The molecule has 0 fully saturated rings. The van der Waals surface area contributed by atoms with Gasteiger partial charge in [0.15, 0.2) is 0 Å². The zero-order chi connectivity index (χ0) is 18.0. The van der Waals surface area contributed by atoms with Gasteiger partial charge in [0.2, 0.25) is 11.8 Å². The van der Waals surface area contributed by atoms with Gasteiger partial charge in [-0.25, -0.2) is 0 Å². The van der Waals surface area contributed by atoms with Gasteiger partial charge in [0.05, 0.1) is 16.4 Å². The maximum absolute atomic E-state index is 12.3. The van der Waals surface area contributed by atoms with Crippen LogP contribution in [-0.2, 0) is 13.0 Å². The molecule has 3 aromatic rings. The van der Waals surface area contributed by atoms with E-state index in [9.17, 15) is 8.78 Å². The number of aromatic nitrogens is 4. The normalized spacial score (nSPS) is 11.3. The van der Waals surface area contributed by atoms with E-state index in [0.717, 1.165) is 11.4 Å². The van der Waals surface area contributed by atoms with Gasteiger partial charge in [0.1, 0.15) is 5.75 Å². The summed E-state index contributed by atoms with van der Waals surface area (Å²) in [6, 6.07) is 6.11. The van der Waals surface area contributed by atoms with E-state index in [2.05, 4.69) is 20.0 Å². The molecule has 0 saturated heterocycles. The maximum Gasteiger partial charge on any atom is 0.387 e. The van der Waals surface area contributed by atoms with Crippen LogP contribution in [0.25, 0.3) is 11.5 Å². The van der Waals surface area contributed by atoms with Crippen molar-refractivity contribution >= 4 is 11.6 Å². The minimum absolute atomic E-state index is 0.0320. The van der Waals surface area contributed by atoms with Crippen LogP contribution in [0, 0.1) is 13.8 Å². The molecule has 0 N–H and O–H groups in total. The molecule has 0 bridgehead atoms. The Hall–Kier alpha value is -2.48. The highest BCUT2D eigenvalue weighted by molar-refractivity contribution is 6.31. The third-order valence-electron chi connectivity index (χ3n) is 3.60. The fourth-order valence-corrected chi connectivity index (χ4v) is 2.51. The number of hydrogen-bond acceptors (Lipinski definition) is 5. The van der Waals surface area contributed by atoms with E-state index in [1.165, 1.54) is 12.1 Å². The lowest BCUT2D eigenvalue weighted by molar-refractivity contribution is -0.0498. The van der Waals surface area contributed by atoms with Gasteiger partial charge in [0.25, 0.3) is 0 Å². The van der Waals surface area contributed by atoms with Crippen molar-refractivity contribution in [1.82, 2.24) is 20.0 Å². The van der Waals surface area contributed by atoms with Crippen molar-refractivity contribution < 1.29 is 17.9 Å². The van der Waals surface area contributed by atoms with Gasteiger partial charge in [-0.2, -0.15) is 13.9 Å². The van der Waals surface area contributed by atoms with E-state index in [-0.39, 0.29) is 11.6 Å². The summed E-state index contributed by atoms with van der Waals surface area (Å²) in [5.41, 5.74) is 2.14. The van der Waals surface area contributed by atoms with Crippen molar-refractivity contribution in [3.8, 4) is 17.2 Å². The van der Waals surface area contributed by atoms with Crippen LogP contribution in [0.4, 0.5) is 8.78 Å². The van der Waals surface area contributed by atoms with E-state index < -0.39 is 6.61 Å². The molecular formula is C16H15ClF2N4O2. The van der Waals surface area contributed by atoms with Crippen molar-refractivity contribution in [2.24, 2.45) is 0 Å². The third-order valence-corrected chi connectivity index (χ3v) is 4.15. The van der Waals surface area contributed by atoms with Gasteiger partial charge in [0, 0.05) is 18.5 Å². The molecule has 0 atom stereocenters. The average molecular weight is 369 g/mol. The molecule has 9 heteroatoms. The lowest BCUT2D eigenvalue weighted by atomic mass is 10.2. The molecule has 25 heavy (non-hydrogen) atoms. The molecule has 0 spiro atoms. The van der Waals surface area contributed by atoms with E-state index in [4.69, 9.17) is 16.0 Å². The summed E-state index contributed by atoms with van der Waals surface area (Å²) in [5, 5.41) is 12.9. The number of halogens is 3. The molecule has 0 aliphatic heterocycles. The van der Waals surface area contributed by atoms with E-state index >= 15 is 0 Å². The SMILES string of the molecule is Cc1nn(CCc2nnc(-c3cccc(OC(F)F)c3)o2)c(C)c1Cl. The minimum Gasteiger partial charge on any atom is -0.435 e. The molecule has 0 aliphatic rings. The van der Waals surface area contributed by atoms with Crippen LogP contribution in [0.2, 0.25) is 5.02 Å². The van der Waals surface area contributed by atoms with Crippen LogP contribution in [0.5, 0.6) is 5.75 Å². The molecule has 0 aliphatic carbocycles. The van der Waals surface area contributed by atoms with E-state index in [0.29, 0.717) is 29.4 Å². The number of ether oxygens (including phenoxy) is 1. The summed E-state index contributed by atoms with van der Waals surface area (Å²) in [7, 11) is 0. The highest BCUT2D eigenvalue weighted by Gasteiger charge is 2.13. The first kappa shape index (κ1) is 17.3. The highest BCUT2D eigenvalue weighted by atomic mass is 35.5. The van der Waals surface area contributed by atoms with Gasteiger partial charge in [-0.3, -0.25) is 4.68 Å². The summed E-state index contributed by atoms with van der Waals surface area (Å²) in [5.74, 6) is 0.685. The molecule has 0 unspecified atom stereocenters. The Kier molecular flexibility index (Phi) is 4.98. The number of rotatable bonds is 6. The lowest BCUT2D eigenvalue weighted by Crippen LogP contribution is -2.05. The van der Waals surface area contributed by atoms with Crippen LogP contribution >= 0.6 is 11.6 Å². The first-order chi connectivity index (χ1) is 11.9. The second kappa shape index (κ2) is 7.18. The summed E-state index contributed by atoms with van der Waals surface area (Å²) < 4.78 is 36.3. The van der Waals surface area contributed by atoms with Gasteiger partial charge in [-0.15, -0.1) is 10.2 Å². The monoisotopic (exact) mass is 368 g/mol. The van der Waals surface area contributed by atoms with Crippen molar-refractivity contribution in [1.29, 1.82) is 0 Å². The number of alkyl halides is 2. The molecule has 2 heterocycles. The van der Waals surface area contributed by atoms with E-state index in [1.807, 2.05) is 13.8 Å². The average Bonchev–Trinajstić information content (AvgIpc) is 3.14. The quantitative estimate of drug-likeness (QED) is 0.656. The molecule has 0 radical (unpaired) electrons. The first-order valence-electron chi connectivity index (χ1n) is 7.51. The van der Waals surface area contributed by atoms with Crippen LogP contribution in [-0.4, -0.2) is 26.6 Å². The van der Waals surface area contributed by atoms with Crippen LogP contribution < -0.4 is 4.74 Å². The first-order valence-corrected chi connectivity index (χ1v) is 7.89. The lowest BCUT2D eigenvalue weighted by Gasteiger charge is -2.04. The third kappa shape index (κ3) is 3.96. The molecule has 0 saturated carbocycles. The fraction of sp³-hybridized carbons (Fsp3) is 0.312. The molecule has 1 aromatic carbocycles. The molecular weight excluding hydrogens is 354 g/mol. The second-order valence-corrected chi connectivity index (χ2v) is 5.74. The molecule has 6 nitrogen and oxygen atoms in total. The van der Waals surface area contributed by atoms with Gasteiger partial charge >= 0.3 is 6.61 Å². The predicted octanol–water partition coefficient (Wildman–Crippen LogP) is 4.05. The zero-order valence-corrected chi connectivity index (χ0v) is 14.3. The van der Waals surface area contributed by atoms with E-state index in [1.54, 1.807) is 16.8 Å². The summed E-state index contributed by atoms with van der Waals surface area (Å²) >= 11 is 6.12. The largest absolute Gasteiger partial charge is 0.435 e. The van der Waals surface area contributed by atoms with Crippen LogP contribution in [0.3, 0.4) is 0 Å². The molecule has 0 amide bonds. The Morgan fingerprint density at radius 1 is 1.28 bits per heavy atom. The standard InChI is InChI=1S/C16H15ClF2N4O2/c1-9-14(17)10(2)23(22-9)7-6-13-20-21-15(25-13)11-4-3-5-12(8-11)24-16(18)19/h3-5,8,16H,6-7H2,1-2H3. The van der Waals surface area contributed by atoms with Crippen LogP contribution in [0.1, 0.15) is 17.3 Å². The number of benzene rings is 1. The van der Waals surface area contributed by atoms with Crippen molar-refractivity contribution in [3.63, 3.8) is 0 Å². The maximum atomic E-state index is 12.3. The summed E-state index contributed by atoms with van der Waals surface area (Å²) in [4.78, 5) is 0. The molecule has 3 rings (SSSR count). The summed E-state index contributed by atoms with van der Waals surface area (Å²) in [6.45, 7) is 1.37. The van der Waals surface area contributed by atoms with Crippen molar-refractivity contribution in [2.75, 3.05) is 0 Å². The van der Waals surface area contributed by atoms with Gasteiger partial charge in [-0.1, -0.05) is 17.7 Å². The Balaban J connectivity index is 1.71. The summed E-state index contributed by atoms with van der Waals surface area (Å²) in [6.07, 6.45) is 0.471.